The Hall–Kier alpha value is -2.00. The Morgan fingerprint density at radius 3 is 2.85 bits per heavy atom. The number of nitrogens with zero attached hydrogens (tertiary/aromatic N) is 3. The van der Waals surface area contributed by atoms with Crippen LogP contribution in [0.1, 0.15) is 34.6 Å². The number of halogens is 1. The molecule has 1 N–H and O–H groups in total. The highest BCUT2D eigenvalue weighted by Gasteiger charge is 2.20. The van der Waals surface area contributed by atoms with E-state index in [0.29, 0.717) is 28.1 Å². The second-order valence-corrected chi connectivity index (χ2v) is 8.57. The quantitative estimate of drug-likeness (QED) is 0.793. The van der Waals surface area contributed by atoms with Crippen LogP contribution in [0, 0.1) is 11.7 Å². The second-order valence-electron chi connectivity index (χ2n) is 6.52. The van der Waals surface area contributed by atoms with Gasteiger partial charge in [0.15, 0.2) is 0 Å². The first-order chi connectivity index (χ1) is 13.0. The predicted molar refractivity (Wildman–Crippen MR) is 105 cm³/mol. The Bertz CT molecular complexity index is 806. The number of hydrogen-bond acceptors (Lipinski definition) is 6. The Kier molecular flexibility index (Phi) is 6.78. The number of thioether (sulfide) groups is 1. The molecule has 27 heavy (non-hydrogen) atoms. The minimum atomic E-state index is -0.423. The molecule has 0 aliphatic carbocycles. The highest BCUT2D eigenvalue weighted by molar-refractivity contribution is 7.99. The van der Waals surface area contributed by atoms with E-state index in [-0.39, 0.29) is 10.9 Å². The molecule has 144 valence electrons. The van der Waals surface area contributed by atoms with Crippen LogP contribution in [-0.2, 0) is 10.5 Å². The van der Waals surface area contributed by atoms with Crippen molar-refractivity contribution in [3.05, 3.63) is 40.1 Å². The summed E-state index contributed by atoms with van der Waals surface area (Å²) in [4.78, 5) is 26.3. The van der Waals surface area contributed by atoms with Gasteiger partial charge in [0.2, 0.25) is 10.9 Å². The molecule has 0 unspecified atom stereocenters. The zero-order valence-electron chi connectivity index (χ0n) is 15.0. The molecule has 2 amide bonds. The van der Waals surface area contributed by atoms with Gasteiger partial charge in [-0.25, -0.2) is 4.39 Å². The van der Waals surface area contributed by atoms with Crippen LogP contribution >= 0.6 is 23.1 Å². The van der Waals surface area contributed by atoms with Crippen LogP contribution in [0.3, 0.4) is 0 Å². The van der Waals surface area contributed by atoms with Crippen molar-refractivity contribution in [2.45, 2.75) is 25.5 Å². The number of aromatic nitrogens is 2. The first kappa shape index (κ1) is 19.8. The first-order valence-electron chi connectivity index (χ1n) is 8.76. The molecule has 1 saturated heterocycles. The molecule has 0 saturated carbocycles. The lowest BCUT2D eigenvalue weighted by Gasteiger charge is -2.30. The third-order valence-electron chi connectivity index (χ3n) is 4.33. The molecule has 6 nitrogen and oxygen atoms in total. The average Bonchev–Trinajstić information content (AvgIpc) is 3.11. The molecule has 1 aliphatic heterocycles. The summed E-state index contributed by atoms with van der Waals surface area (Å²) in [5.74, 6) is 0.933. The third kappa shape index (κ3) is 5.74. The minimum absolute atomic E-state index is 0.153. The number of rotatable bonds is 6. The van der Waals surface area contributed by atoms with E-state index in [2.05, 4.69) is 22.4 Å². The topological polar surface area (TPSA) is 75.2 Å². The van der Waals surface area contributed by atoms with E-state index in [4.69, 9.17) is 0 Å². The standard InChI is InChI=1S/C18H21FN4O2S2/c1-12-5-7-23(8-6-12)16(24)11-26-10-15-21-22-18(27-15)17(25)20-14-4-2-3-13(19)9-14/h2-4,9,12H,5-8,10-11H2,1H3,(H,20,25). The highest BCUT2D eigenvalue weighted by atomic mass is 32.2. The van der Waals surface area contributed by atoms with Gasteiger partial charge in [-0.05, 0) is 37.0 Å². The molecule has 0 radical (unpaired) electrons. The number of anilines is 1. The SMILES string of the molecule is CC1CCN(C(=O)CSCc2nnc(C(=O)Nc3cccc(F)c3)s2)CC1. The van der Waals surface area contributed by atoms with E-state index in [0.717, 1.165) is 25.9 Å². The van der Waals surface area contributed by atoms with Crippen LogP contribution in [0.25, 0.3) is 0 Å². The van der Waals surface area contributed by atoms with Gasteiger partial charge in [-0.15, -0.1) is 22.0 Å². The summed E-state index contributed by atoms with van der Waals surface area (Å²) in [6, 6.07) is 5.67. The zero-order valence-corrected chi connectivity index (χ0v) is 16.6. The molecule has 1 fully saturated rings. The van der Waals surface area contributed by atoms with Crippen LogP contribution in [-0.4, -0.2) is 45.8 Å². The molecule has 2 heterocycles. The van der Waals surface area contributed by atoms with E-state index in [1.807, 2.05) is 4.90 Å². The number of likely N-dealkylation sites (tertiary alicyclic amines) is 1. The van der Waals surface area contributed by atoms with E-state index >= 15 is 0 Å². The summed E-state index contributed by atoms with van der Waals surface area (Å²) in [6.07, 6.45) is 2.13. The van der Waals surface area contributed by atoms with Crippen molar-refractivity contribution in [2.75, 3.05) is 24.2 Å². The largest absolute Gasteiger partial charge is 0.342 e. The summed E-state index contributed by atoms with van der Waals surface area (Å²) in [7, 11) is 0. The number of benzene rings is 1. The van der Waals surface area contributed by atoms with Gasteiger partial charge in [0.25, 0.3) is 5.91 Å². The van der Waals surface area contributed by atoms with Gasteiger partial charge in [0.1, 0.15) is 10.8 Å². The zero-order chi connectivity index (χ0) is 19.2. The predicted octanol–water partition coefficient (Wildman–Crippen LogP) is 3.42. The fourth-order valence-electron chi connectivity index (χ4n) is 2.73. The number of amides is 2. The van der Waals surface area contributed by atoms with Crippen molar-refractivity contribution in [3.63, 3.8) is 0 Å². The number of carbonyl (C=O) groups excluding carboxylic acids is 2. The first-order valence-corrected chi connectivity index (χ1v) is 10.7. The van der Waals surface area contributed by atoms with E-state index in [1.54, 1.807) is 6.07 Å². The lowest BCUT2D eigenvalue weighted by atomic mass is 9.99. The van der Waals surface area contributed by atoms with E-state index in [9.17, 15) is 14.0 Å². The Balaban J connectivity index is 1.45. The van der Waals surface area contributed by atoms with Crippen LogP contribution < -0.4 is 5.32 Å². The molecule has 1 aromatic carbocycles. The number of hydrogen-bond donors (Lipinski definition) is 1. The van der Waals surface area contributed by atoms with Crippen molar-refractivity contribution in [2.24, 2.45) is 5.92 Å². The Morgan fingerprint density at radius 1 is 1.33 bits per heavy atom. The van der Waals surface area contributed by atoms with Crippen molar-refractivity contribution < 1.29 is 14.0 Å². The number of piperidine rings is 1. The number of nitrogens with one attached hydrogen (secondary N) is 1. The maximum Gasteiger partial charge on any atom is 0.286 e. The lowest BCUT2D eigenvalue weighted by molar-refractivity contribution is -0.129. The van der Waals surface area contributed by atoms with Gasteiger partial charge in [0, 0.05) is 24.5 Å². The van der Waals surface area contributed by atoms with Crippen molar-refractivity contribution >= 4 is 40.6 Å². The van der Waals surface area contributed by atoms with Gasteiger partial charge < -0.3 is 10.2 Å². The smallest absolute Gasteiger partial charge is 0.286 e. The van der Waals surface area contributed by atoms with Crippen molar-refractivity contribution in [1.82, 2.24) is 15.1 Å². The number of carbonyl (C=O) groups is 2. The van der Waals surface area contributed by atoms with Gasteiger partial charge in [0.05, 0.1) is 5.75 Å². The van der Waals surface area contributed by atoms with Gasteiger partial charge in [-0.2, -0.15) is 0 Å². The fourth-order valence-corrected chi connectivity index (χ4v) is 4.44. The second kappa shape index (κ2) is 9.27. The Morgan fingerprint density at radius 2 is 2.11 bits per heavy atom. The highest BCUT2D eigenvalue weighted by Crippen LogP contribution is 2.20. The van der Waals surface area contributed by atoms with Gasteiger partial charge in [-0.1, -0.05) is 24.3 Å². The maximum absolute atomic E-state index is 13.2. The summed E-state index contributed by atoms with van der Waals surface area (Å²) in [5, 5.41) is 11.4. The van der Waals surface area contributed by atoms with Gasteiger partial charge >= 0.3 is 0 Å². The molecular weight excluding hydrogens is 387 g/mol. The average molecular weight is 409 g/mol. The molecular formula is C18H21FN4O2S2. The molecule has 0 atom stereocenters. The normalized spacial score (nSPS) is 15.0. The molecule has 9 heteroatoms. The lowest BCUT2D eigenvalue weighted by Crippen LogP contribution is -2.38. The van der Waals surface area contributed by atoms with Crippen LogP contribution in [0.4, 0.5) is 10.1 Å². The summed E-state index contributed by atoms with van der Waals surface area (Å²) >= 11 is 2.65. The van der Waals surface area contributed by atoms with Crippen LogP contribution in [0.15, 0.2) is 24.3 Å². The van der Waals surface area contributed by atoms with Crippen molar-refractivity contribution in [3.8, 4) is 0 Å². The van der Waals surface area contributed by atoms with Crippen LogP contribution in [0.5, 0.6) is 0 Å². The summed E-state index contributed by atoms with van der Waals surface area (Å²) < 4.78 is 13.2. The molecule has 3 rings (SSSR count). The monoisotopic (exact) mass is 408 g/mol. The Labute approximate surface area is 165 Å². The maximum atomic E-state index is 13.2. The third-order valence-corrected chi connectivity index (χ3v) is 6.36. The minimum Gasteiger partial charge on any atom is -0.342 e. The molecule has 1 aliphatic rings. The summed E-state index contributed by atoms with van der Waals surface area (Å²) in [5.41, 5.74) is 0.368. The molecule has 1 aromatic heterocycles. The molecule has 0 bridgehead atoms. The fraction of sp³-hybridized carbons (Fsp3) is 0.444. The molecule has 0 spiro atoms. The van der Waals surface area contributed by atoms with Crippen molar-refractivity contribution in [1.29, 1.82) is 0 Å². The van der Waals surface area contributed by atoms with Gasteiger partial charge in [-0.3, -0.25) is 9.59 Å². The van der Waals surface area contributed by atoms with Crippen LogP contribution in [0.2, 0.25) is 0 Å². The van der Waals surface area contributed by atoms with E-state index in [1.165, 1.54) is 41.3 Å². The molecule has 2 aromatic rings. The van der Waals surface area contributed by atoms with E-state index < -0.39 is 11.7 Å². The summed E-state index contributed by atoms with van der Waals surface area (Å²) in [6.45, 7) is 3.89.